The molecule has 2 heteroatoms. The van der Waals surface area contributed by atoms with Crippen LogP contribution in [0, 0.1) is 5.92 Å². The van der Waals surface area contributed by atoms with Crippen LogP contribution >= 0.6 is 0 Å². The first-order valence-corrected chi connectivity index (χ1v) is 7.20. The summed E-state index contributed by atoms with van der Waals surface area (Å²) in [7, 11) is 0. The molecule has 2 aromatic carbocycles. The highest BCUT2D eigenvalue weighted by Crippen LogP contribution is 2.31. The van der Waals surface area contributed by atoms with Gasteiger partial charge in [0.1, 0.15) is 0 Å². The number of aliphatic hydroxyl groups excluding tert-OH is 1. The van der Waals surface area contributed by atoms with E-state index in [0.717, 1.165) is 18.0 Å². The van der Waals surface area contributed by atoms with Gasteiger partial charge < -0.3 is 10.4 Å². The molecule has 2 nitrogen and oxygen atoms in total. The molecule has 1 saturated carbocycles. The molecule has 0 heterocycles. The van der Waals surface area contributed by atoms with Crippen molar-refractivity contribution < 1.29 is 5.11 Å². The number of nitrogens with one attached hydrogen (secondary N) is 1. The van der Waals surface area contributed by atoms with Crippen molar-refractivity contribution >= 4 is 10.8 Å². The minimum atomic E-state index is -0.413. The van der Waals surface area contributed by atoms with Gasteiger partial charge in [-0.1, -0.05) is 49.2 Å². The van der Waals surface area contributed by atoms with E-state index >= 15 is 0 Å². The van der Waals surface area contributed by atoms with E-state index in [1.165, 1.54) is 30.0 Å². The van der Waals surface area contributed by atoms with Crippen molar-refractivity contribution in [3.63, 3.8) is 0 Å². The van der Waals surface area contributed by atoms with Crippen molar-refractivity contribution in [3.05, 3.63) is 48.0 Å². The summed E-state index contributed by atoms with van der Waals surface area (Å²) in [4.78, 5) is 0. The van der Waals surface area contributed by atoms with Crippen LogP contribution in [0.25, 0.3) is 10.8 Å². The summed E-state index contributed by atoms with van der Waals surface area (Å²) >= 11 is 0. The lowest BCUT2D eigenvalue weighted by molar-refractivity contribution is 0.175. The molecule has 1 aliphatic carbocycles. The van der Waals surface area contributed by atoms with Crippen molar-refractivity contribution in [2.75, 3.05) is 13.1 Å². The average molecular weight is 255 g/mol. The zero-order chi connectivity index (χ0) is 13.1. The third-order valence-corrected chi connectivity index (χ3v) is 3.92. The number of aliphatic hydroxyl groups is 1. The Labute approximate surface area is 114 Å². The van der Waals surface area contributed by atoms with Crippen LogP contribution in [0.15, 0.2) is 42.5 Å². The van der Waals surface area contributed by atoms with E-state index in [9.17, 15) is 5.11 Å². The Kier molecular flexibility index (Phi) is 3.81. The quantitative estimate of drug-likeness (QED) is 0.777. The van der Waals surface area contributed by atoms with Crippen molar-refractivity contribution in [2.45, 2.75) is 25.4 Å². The van der Waals surface area contributed by atoms with Gasteiger partial charge >= 0.3 is 0 Å². The van der Waals surface area contributed by atoms with E-state index in [0.29, 0.717) is 6.54 Å². The first-order valence-electron chi connectivity index (χ1n) is 7.20. The molecule has 1 atom stereocenters. The maximum atomic E-state index is 10.2. The standard InChI is InChI=1S/C17H21NO/c19-17(12-18-10-9-13-5-6-13)16-8-7-14-3-1-2-4-15(14)11-16/h1-4,7-8,11,13,17-19H,5-6,9-10,12H2. The topological polar surface area (TPSA) is 32.3 Å². The summed E-state index contributed by atoms with van der Waals surface area (Å²) in [6.45, 7) is 1.67. The number of rotatable bonds is 6. The monoisotopic (exact) mass is 255 g/mol. The zero-order valence-corrected chi connectivity index (χ0v) is 11.2. The van der Waals surface area contributed by atoms with Crippen LogP contribution in [-0.2, 0) is 0 Å². The highest BCUT2D eigenvalue weighted by molar-refractivity contribution is 5.83. The molecule has 19 heavy (non-hydrogen) atoms. The predicted octanol–water partition coefficient (Wildman–Crippen LogP) is 3.26. The van der Waals surface area contributed by atoms with Gasteiger partial charge in [-0.25, -0.2) is 0 Å². The fourth-order valence-corrected chi connectivity index (χ4v) is 2.48. The van der Waals surface area contributed by atoms with Crippen LogP contribution < -0.4 is 5.32 Å². The van der Waals surface area contributed by atoms with Gasteiger partial charge in [0.15, 0.2) is 0 Å². The van der Waals surface area contributed by atoms with Crippen LogP contribution in [-0.4, -0.2) is 18.2 Å². The van der Waals surface area contributed by atoms with Crippen LogP contribution in [0.5, 0.6) is 0 Å². The molecular weight excluding hydrogens is 234 g/mol. The van der Waals surface area contributed by atoms with Gasteiger partial charge in [0.05, 0.1) is 6.10 Å². The van der Waals surface area contributed by atoms with Crippen molar-refractivity contribution in [3.8, 4) is 0 Å². The van der Waals surface area contributed by atoms with Crippen molar-refractivity contribution in [2.24, 2.45) is 5.92 Å². The normalized spacial score (nSPS) is 16.7. The molecule has 0 radical (unpaired) electrons. The van der Waals surface area contributed by atoms with Crippen LogP contribution in [0.3, 0.4) is 0 Å². The Bertz CT molecular complexity index is 548. The fraction of sp³-hybridized carbons (Fsp3) is 0.412. The van der Waals surface area contributed by atoms with Gasteiger partial charge in [-0.05, 0) is 41.3 Å². The maximum Gasteiger partial charge on any atom is 0.0914 e. The van der Waals surface area contributed by atoms with E-state index in [1.54, 1.807) is 0 Å². The second-order valence-electron chi connectivity index (χ2n) is 5.56. The number of benzene rings is 2. The van der Waals surface area contributed by atoms with Crippen molar-refractivity contribution in [1.82, 2.24) is 5.32 Å². The molecule has 2 N–H and O–H groups in total. The Morgan fingerprint density at radius 1 is 1.11 bits per heavy atom. The summed E-state index contributed by atoms with van der Waals surface area (Å²) in [6, 6.07) is 14.5. The van der Waals surface area contributed by atoms with Crippen LogP contribution in [0.2, 0.25) is 0 Å². The van der Waals surface area contributed by atoms with Gasteiger partial charge in [-0.3, -0.25) is 0 Å². The highest BCUT2D eigenvalue weighted by Gasteiger charge is 2.20. The molecule has 1 unspecified atom stereocenters. The largest absolute Gasteiger partial charge is 0.387 e. The fourth-order valence-electron chi connectivity index (χ4n) is 2.48. The van der Waals surface area contributed by atoms with Gasteiger partial charge in [0.2, 0.25) is 0 Å². The predicted molar refractivity (Wildman–Crippen MR) is 79.1 cm³/mol. The summed E-state index contributed by atoms with van der Waals surface area (Å²) in [5.41, 5.74) is 0.998. The van der Waals surface area contributed by atoms with E-state index in [-0.39, 0.29) is 0 Å². The summed E-state index contributed by atoms with van der Waals surface area (Å²) in [5, 5.41) is 16.0. The lowest BCUT2D eigenvalue weighted by atomic mass is 10.0. The van der Waals surface area contributed by atoms with Crippen LogP contribution in [0.4, 0.5) is 0 Å². The second-order valence-corrected chi connectivity index (χ2v) is 5.56. The molecule has 0 spiro atoms. The molecule has 1 aliphatic rings. The minimum Gasteiger partial charge on any atom is -0.387 e. The Balaban J connectivity index is 1.58. The Hall–Kier alpha value is -1.38. The first-order chi connectivity index (χ1) is 9.33. The molecule has 0 saturated heterocycles. The lowest BCUT2D eigenvalue weighted by Crippen LogP contribution is -2.22. The third kappa shape index (κ3) is 3.34. The first kappa shape index (κ1) is 12.6. The maximum absolute atomic E-state index is 10.2. The molecule has 2 aromatic rings. The van der Waals surface area contributed by atoms with Gasteiger partial charge in [-0.15, -0.1) is 0 Å². The summed E-state index contributed by atoms with van der Waals surface area (Å²) in [5.74, 6) is 0.949. The SMILES string of the molecule is OC(CNCCC1CC1)c1ccc2ccccc2c1. The second kappa shape index (κ2) is 5.72. The molecule has 100 valence electrons. The molecule has 1 fully saturated rings. The van der Waals surface area contributed by atoms with Gasteiger partial charge in [0, 0.05) is 6.54 Å². The summed E-state index contributed by atoms with van der Waals surface area (Å²) < 4.78 is 0. The average Bonchev–Trinajstić information content (AvgIpc) is 3.27. The molecule has 0 bridgehead atoms. The summed E-state index contributed by atoms with van der Waals surface area (Å²) in [6.07, 6.45) is 3.64. The smallest absolute Gasteiger partial charge is 0.0914 e. The highest BCUT2D eigenvalue weighted by atomic mass is 16.3. The van der Waals surface area contributed by atoms with Gasteiger partial charge in [-0.2, -0.15) is 0 Å². The Morgan fingerprint density at radius 3 is 2.68 bits per heavy atom. The van der Waals surface area contributed by atoms with E-state index in [2.05, 4.69) is 29.6 Å². The minimum absolute atomic E-state index is 0.413. The van der Waals surface area contributed by atoms with Crippen molar-refractivity contribution in [1.29, 1.82) is 0 Å². The molecule has 0 aromatic heterocycles. The number of fused-ring (bicyclic) bond motifs is 1. The Morgan fingerprint density at radius 2 is 1.89 bits per heavy atom. The molecular formula is C17H21NO. The third-order valence-electron chi connectivity index (χ3n) is 3.92. The lowest BCUT2D eigenvalue weighted by Gasteiger charge is -2.13. The molecule has 0 amide bonds. The van der Waals surface area contributed by atoms with Crippen LogP contribution in [0.1, 0.15) is 30.9 Å². The van der Waals surface area contributed by atoms with Gasteiger partial charge in [0.25, 0.3) is 0 Å². The zero-order valence-electron chi connectivity index (χ0n) is 11.2. The van der Waals surface area contributed by atoms with E-state index in [1.807, 2.05) is 18.2 Å². The van der Waals surface area contributed by atoms with E-state index in [4.69, 9.17) is 0 Å². The number of hydrogen-bond donors (Lipinski definition) is 2. The molecule has 3 rings (SSSR count). The molecule has 0 aliphatic heterocycles. The number of hydrogen-bond acceptors (Lipinski definition) is 2. The van der Waals surface area contributed by atoms with E-state index < -0.39 is 6.10 Å².